The van der Waals surface area contributed by atoms with Gasteiger partial charge in [-0.1, -0.05) is 0 Å². The number of carbonyl (C=O) groups is 1. The van der Waals surface area contributed by atoms with Crippen molar-refractivity contribution in [3.8, 4) is 17.2 Å². The summed E-state index contributed by atoms with van der Waals surface area (Å²) in [5, 5.41) is 0. The topological polar surface area (TPSA) is 217 Å². The van der Waals surface area contributed by atoms with Gasteiger partial charge in [-0.15, -0.1) is 0 Å². The Morgan fingerprint density at radius 3 is 1.54 bits per heavy atom. The summed E-state index contributed by atoms with van der Waals surface area (Å²) in [6.45, 7) is 0.823. The molecule has 0 spiro atoms. The average Bonchev–Trinajstić information content (AvgIpc) is 2.71. The van der Waals surface area contributed by atoms with Gasteiger partial charge in [0, 0.05) is 11.6 Å². The van der Waals surface area contributed by atoms with E-state index in [9.17, 15) is 30.0 Å². The monoisotopic (exact) mass is 564 g/mol. The highest BCUT2D eigenvalue weighted by Crippen LogP contribution is 2.40. The second-order valence-electron chi connectivity index (χ2n) is 7.16. The van der Waals surface area contributed by atoms with Crippen molar-refractivity contribution in [3.05, 3.63) is 17.2 Å². The molecule has 35 heavy (non-hydrogen) atoms. The Labute approximate surface area is 203 Å². The van der Waals surface area contributed by atoms with Crippen molar-refractivity contribution in [2.24, 2.45) is 0 Å². The average molecular weight is 565 g/mol. The summed E-state index contributed by atoms with van der Waals surface area (Å²) in [4.78, 5) is 12.5. The van der Waals surface area contributed by atoms with Gasteiger partial charge in [-0.2, -0.15) is 25.3 Å². The second kappa shape index (κ2) is 13.2. The van der Waals surface area contributed by atoms with Crippen molar-refractivity contribution in [3.63, 3.8) is 0 Å². The SMILES string of the molecule is COC(=O)c1c(OCCCS(=O)(=O)O)cc(OCCCS(=O)(=O)O)c(C)c1OCCCS(=O)(=O)O. The number of carbonyl (C=O) groups excluding carboxylic acids is 1. The molecule has 0 aliphatic rings. The van der Waals surface area contributed by atoms with Crippen LogP contribution in [0.2, 0.25) is 0 Å². The fourth-order valence-corrected chi connectivity index (χ4v) is 4.16. The largest absolute Gasteiger partial charge is 0.493 e. The van der Waals surface area contributed by atoms with Crippen LogP contribution in [0.4, 0.5) is 0 Å². The Kier molecular flexibility index (Phi) is 11.7. The maximum atomic E-state index is 12.5. The van der Waals surface area contributed by atoms with Gasteiger partial charge in [-0.3, -0.25) is 13.7 Å². The smallest absolute Gasteiger partial charge is 0.345 e. The van der Waals surface area contributed by atoms with E-state index in [0.717, 1.165) is 7.11 Å². The van der Waals surface area contributed by atoms with E-state index in [1.54, 1.807) is 0 Å². The molecule has 0 unspecified atom stereocenters. The molecule has 14 nitrogen and oxygen atoms in total. The Hall–Kier alpha value is -2.18. The van der Waals surface area contributed by atoms with Crippen LogP contribution in [-0.2, 0) is 35.1 Å². The van der Waals surface area contributed by atoms with Crippen molar-refractivity contribution < 1.29 is 62.7 Å². The quantitative estimate of drug-likeness (QED) is 0.143. The number of benzene rings is 1. The summed E-state index contributed by atoms with van der Waals surface area (Å²) in [7, 11) is -11.6. The molecule has 0 atom stereocenters. The lowest BCUT2D eigenvalue weighted by atomic mass is 10.1. The molecule has 3 N–H and O–H groups in total. The highest BCUT2D eigenvalue weighted by Gasteiger charge is 2.26. The number of hydrogen-bond donors (Lipinski definition) is 3. The van der Waals surface area contributed by atoms with E-state index in [1.807, 2.05) is 0 Å². The Balaban J connectivity index is 3.28. The van der Waals surface area contributed by atoms with Crippen LogP contribution in [0.15, 0.2) is 6.07 Å². The third kappa shape index (κ3) is 12.4. The van der Waals surface area contributed by atoms with Crippen LogP contribution < -0.4 is 14.2 Å². The fraction of sp³-hybridized carbons (Fsp3) is 0.611. The van der Waals surface area contributed by atoms with Crippen molar-refractivity contribution >= 4 is 36.3 Å². The van der Waals surface area contributed by atoms with Gasteiger partial charge in [-0.25, -0.2) is 4.79 Å². The lowest BCUT2D eigenvalue weighted by molar-refractivity contribution is 0.0590. The molecular weight excluding hydrogens is 536 g/mol. The predicted molar refractivity (Wildman–Crippen MR) is 122 cm³/mol. The minimum Gasteiger partial charge on any atom is -0.493 e. The predicted octanol–water partition coefficient (Wildman–Crippen LogP) is 0.752. The van der Waals surface area contributed by atoms with E-state index in [4.69, 9.17) is 32.6 Å². The first-order valence-corrected chi connectivity index (χ1v) is 14.9. The molecule has 0 fully saturated rings. The lowest BCUT2D eigenvalue weighted by Crippen LogP contribution is -2.15. The van der Waals surface area contributed by atoms with Gasteiger partial charge in [0.05, 0.1) is 44.2 Å². The second-order valence-corrected chi connectivity index (χ2v) is 11.9. The van der Waals surface area contributed by atoms with Gasteiger partial charge in [0.2, 0.25) is 0 Å². The molecular formula is C18H28O14S3. The normalized spacial score (nSPS) is 12.3. The fourth-order valence-electron chi connectivity index (χ4n) is 2.71. The number of hydrogen-bond acceptors (Lipinski definition) is 11. The third-order valence-corrected chi connectivity index (χ3v) is 6.65. The van der Waals surface area contributed by atoms with E-state index >= 15 is 0 Å². The van der Waals surface area contributed by atoms with Crippen LogP contribution in [0.5, 0.6) is 17.2 Å². The molecule has 202 valence electrons. The standard InChI is InChI=1S/C18H28O14S3/c1-13-14(30-6-3-9-33(20,21)22)12-15(31-7-4-10-34(23,24)25)16(18(19)29-2)17(13)32-8-5-11-35(26,27)28/h12H,3-11H2,1-2H3,(H,20,21,22)(H,23,24,25)(H,26,27,28). The first-order valence-electron chi connectivity index (χ1n) is 10.0. The van der Waals surface area contributed by atoms with Crippen LogP contribution >= 0.6 is 0 Å². The van der Waals surface area contributed by atoms with E-state index in [0.29, 0.717) is 0 Å². The van der Waals surface area contributed by atoms with Crippen molar-refractivity contribution in [2.45, 2.75) is 26.2 Å². The minimum absolute atomic E-state index is 0.0773. The number of ether oxygens (including phenoxy) is 4. The van der Waals surface area contributed by atoms with E-state index < -0.39 is 53.6 Å². The zero-order valence-electron chi connectivity index (χ0n) is 19.0. The molecule has 0 aliphatic heterocycles. The van der Waals surface area contributed by atoms with Gasteiger partial charge in [0.1, 0.15) is 22.8 Å². The van der Waals surface area contributed by atoms with Crippen LogP contribution in [-0.4, -0.2) is 89.1 Å². The minimum atomic E-state index is -4.25. The maximum absolute atomic E-state index is 12.5. The molecule has 17 heteroatoms. The molecule has 0 aromatic heterocycles. The molecule has 0 amide bonds. The number of esters is 1. The number of methoxy groups -OCH3 is 1. The summed E-state index contributed by atoms with van der Waals surface area (Å²) in [6.07, 6.45) is -0.350. The zero-order valence-corrected chi connectivity index (χ0v) is 21.4. The van der Waals surface area contributed by atoms with Gasteiger partial charge in [0.15, 0.2) is 0 Å². The molecule has 1 aromatic carbocycles. The molecule has 1 aromatic rings. The molecule has 0 heterocycles. The third-order valence-electron chi connectivity index (χ3n) is 4.24. The summed E-state index contributed by atoms with van der Waals surface area (Å²) in [6, 6.07) is 1.27. The first-order chi connectivity index (χ1) is 16.0. The van der Waals surface area contributed by atoms with Crippen molar-refractivity contribution in [1.82, 2.24) is 0 Å². The van der Waals surface area contributed by atoms with Crippen LogP contribution in [0.25, 0.3) is 0 Å². The maximum Gasteiger partial charge on any atom is 0.345 e. The Morgan fingerprint density at radius 1 is 0.743 bits per heavy atom. The van der Waals surface area contributed by atoms with Crippen molar-refractivity contribution in [1.29, 1.82) is 0 Å². The zero-order chi connectivity index (χ0) is 26.9. The van der Waals surface area contributed by atoms with Crippen LogP contribution in [0, 0.1) is 6.92 Å². The molecule has 0 bridgehead atoms. The van der Waals surface area contributed by atoms with E-state index in [2.05, 4.69) is 0 Å². The molecule has 0 saturated heterocycles. The van der Waals surface area contributed by atoms with Crippen molar-refractivity contribution in [2.75, 3.05) is 44.2 Å². The molecule has 0 saturated carbocycles. The van der Waals surface area contributed by atoms with E-state index in [1.165, 1.54) is 13.0 Å². The van der Waals surface area contributed by atoms with Gasteiger partial charge in [-0.05, 0) is 26.2 Å². The lowest BCUT2D eigenvalue weighted by Gasteiger charge is -2.20. The Morgan fingerprint density at radius 2 is 1.14 bits per heavy atom. The first kappa shape index (κ1) is 30.9. The van der Waals surface area contributed by atoms with Crippen LogP contribution in [0.3, 0.4) is 0 Å². The summed E-state index contributed by atoms with van der Waals surface area (Å²) in [5.41, 5.74) is 0.0309. The van der Waals surface area contributed by atoms with Gasteiger partial charge in [0.25, 0.3) is 30.4 Å². The highest BCUT2D eigenvalue weighted by atomic mass is 32.2. The van der Waals surface area contributed by atoms with Gasteiger partial charge >= 0.3 is 5.97 Å². The Bertz CT molecular complexity index is 1190. The molecule has 0 aliphatic carbocycles. The molecule has 0 radical (unpaired) electrons. The van der Waals surface area contributed by atoms with E-state index in [-0.39, 0.29) is 67.5 Å². The summed E-state index contributed by atoms with van der Waals surface area (Å²) < 4.78 is 113. The molecule has 1 rings (SSSR count). The summed E-state index contributed by atoms with van der Waals surface area (Å²) in [5.74, 6) is -2.85. The van der Waals surface area contributed by atoms with Crippen LogP contribution in [0.1, 0.15) is 35.2 Å². The number of rotatable bonds is 16. The summed E-state index contributed by atoms with van der Waals surface area (Å²) >= 11 is 0. The highest BCUT2D eigenvalue weighted by molar-refractivity contribution is 7.86. The van der Waals surface area contributed by atoms with Gasteiger partial charge < -0.3 is 18.9 Å².